The molecule has 5 nitrogen and oxygen atoms in total. The number of nitrogens with zero attached hydrogens (tertiary/aromatic N) is 2. The summed E-state index contributed by atoms with van der Waals surface area (Å²) in [5.41, 5.74) is 9.85. The number of carbonyl (C=O) groups is 1. The van der Waals surface area contributed by atoms with Crippen molar-refractivity contribution in [2.45, 2.75) is 26.2 Å². The summed E-state index contributed by atoms with van der Waals surface area (Å²) in [6.45, 7) is 2.26. The second-order valence-electron chi connectivity index (χ2n) is 6.34. The Bertz CT molecular complexity index is 920. The summed E-state index contributed by atoms with van der Waals surface area (Å²) >= 11 is 1.36. The van der Waals surface area contributed by atoms with Crippen molar-refractivity contribution >= 4 is 38.8 Å². The third kappa shape index (κ3) is 2.63. The molecule has 1 aliphatic rings. The number of amides is 1. The average Bonchev–Trinajstić information content (AvgIpc) is 2.90. The SMILES string of the molecule is CC1CCc2nc3sc(C(=O)Nc4cccnc4)c(N)c3cc2C1. The Morgan fingerprint density at radius 2 is 2.33 bits per heavy atom. The van der Waals surface area contributed by atoms with Gasteiger partial charge in [0.25, 0.3) is 5.91 Å². The van der Waals surface area contributed by atoms with E-state index in [-0.39, 0.29) is 5.91 Å². The number of anilines is 2. The van der Waals surface area contributed by atoms with Crippen LogP contribution in [0.5, 0.6) is 0 Å². The molecule has 122 valence electrons. The molecule has 3 aromatic rings. The number of nitrogen functional groups attached to an aromatic ring is 1. The van der Waals surface area contributed by atoms with Crippen molar-refractivity contribution in [1.29, 1.82) is 0 Å². The molecule has 1 aliphatic carbocycles. The van der Waals surface area contributed by atoms with Crippen LogP contribution >= 0.6 is 11.3 Å². The number of nitrogens with two attached hydrogens (primary N) is 1. The largest absolute Gasteiger partial charge is 0.397 e. The van der Waals surface area contributed by atoms with Gasteiger partial charge in [0.15, 0.2) is 0 Å². The summed E-state index contributed by atoms with van der Waals surface area (Å²) in [5, 5.41) is 3.73. The van der Waals surface area contributed by atoms with Gasteiger partial charge in [-0.05, 0) is 48.9 Å². The van der Waals surface area contributed by atoms with Crippen LogP contribution in [-0.2, 0) is 12.8 Å². The molecule has 0 fully saturated rings. The van der Waals surface area contributed by atoms with E-state index in [1.165, 1.54) is 23.3 Å². The van der Waals surface area contributed by atoms with Gasteiger partial charge in [0.2, 0.25) is 0 Å². The van der Waals surface area contributed by atoms with E-state index in [2.05, 4.69) is 23.3 Å². The zero-order valence-corrected chi connectivity index (χ0v) is 14.2. The van der Waals surface area contributed by atoms with Gasteiger partial charge in [-0.15, -0.1) is 11.3 Å². The lowest BCUT2D eigenvalue weighted by Gasteiger charge is -2.20. The first-order valence-electron chi connectivity index (χ1n) is 8.04. The van der Waals surface area contributed by atoms with Crippen LogP contribution < -0.4 is 11.1 Å². The lowest BCUT2D eigenvalue weighted by molar-refractivity contribution is 0.103. The van der Waals surface area contributed by atoms with Crippen molar-refractivity contribution in [2.75, 3.05) is 11.1 Å². The molecule has 0 spiro atoms. The van der Waals surface area contributed by atoms with Crippen LogP contribution in [0.1, 0.15) is 34.3 Å². The van der Waals surface area contributed by atoms with Gasteiger partial charge in [-0.2, -0.15) is 0 Å². The van der Waals surface area contributed by atoms with Gasteiger partial charge in [0.05, 0.1) is 17.6 Å². The van der Waals surface area contributed by atoms with Crippen LogP contribution in [0.15, 0.2) is 30.6 Å². The van der Waals surface area contributed by atoms with Gasteiger partial charge in [0.1, 0.15) is 9.71 Å². The second kappa shape index (κ2) is 5.87. The third-order valence-corrected chi connectivity index (χ3v) is 5.57. The maximum absolute atomic E-state index is 12.5. The minimum absolute atomic E-state index is 0.213. The molecular formula is C18H18N4OS. The number of thiophene rings is 1. The Morgan fingerprint density at radius 1 is 1.46 bits per heavy atom. The fourth-order valence-corrected chi connectivity index (χ4v) is 4.16. The highest BCUT2D eigenvalue weighted by Crippen LogP contribution is 2.36. The molecule has 6 heteroatoms. The number of aryl methyl sites for hydroxylation is 1. The lowest BCUT2D eigenvalue weighted by atomic mass is 9.87. The molecule has 0 radical (unpaired) electrons. The zero-order valence-electron chi connectivity index (χ0n) is 13.4. The predicted molar refractivity (Wildman–Crippen MR) is 97.4 cm³/mol. The number of rotatable bonds is 2. The smallest absolute Gasteiger partial charge is 0.267 e. The van der Waals surface area contributed by atoms with Gasteiger partial charge >= 0.3 is 0 Å². The van der Waals surface area contributed by atoms with Crippen LogP contribution in [0, 0.1) is 5.92 Å². The molecule has 4 rings (SSSR count). The van der Waals surface area contributed by atoms with E-state index < -0.39 is 0 Å². The van der Waals surface area contributed by atoms with E-state index in [1.807, 2.05) is 0 Å². The highest BCUT2D eigenvalue weighted by Gasteiger charge is 2.22. The molecule has 3 aromatic heterocycles. The van der Waals surface area contributed by atoms with E-state index in [1.54, 1.807) is 24.5 Å². The van der Waals surface area contributed by atoms with E-state index in [4.69, 9.17) is 10.7 Å². The summed E-state index contributed by atoms with van der Waals surface area (Å²) in [4.78, 5) is 22.7. The summed E-state index contributed by atoms with van der Waals surface area (Å²) in [7, 11) is 0. The first kappa shape index (κ1) is 15.1. The molecular weight excluding hydrogens is 320 g/mol. The Morgan fingerprint density at radius 3 is 3.12 bits per heavy atom. The number of fused-ring (bicyclic) bond motifs is 2. The summed E-state index contributed by atoms with van der Waals surface area (Å²) < 4.78 is 0. The summed E-state index contributed by atoms with van der Waals surface area (Å²) in [5.74, 6) is 0.458. The third-order valence-electron chi connectivity index (χ3n) is 4.46. The van der Waals surface area contributed by atoms with Gasteiger partial charge in [-0.3, -0.25) is 9.78 Å². The Hall–Kier alpha value is -2.47. The molecule has 3 N–H and O–H groups in total. The minimum Gasteiger partial charge on any atom is -0.397 e. The summed E-state index contributed by atoms with van der Waals surface area (Å²) in [6.07, 6.45) is 6.48. The monoisotopic (exact) mass is 338 g/mol. The predicted octanol–water partition coefficient (Wildman–Crippen LogP) is 3.65. The quantitative estimate of drug-likeness (QED) is 0.747. The zero-order chi connectivity index (χ0) is 16.7. The van der Waals surface area contributed by atoms with Crippen molar-refractivity contribution in [3.05, 3.63) is 46.7 Å². The van der Waals surface area contributed by atoms with Crippen molar-refractivity contribution < 1.29 is 4.79 Å². The average molecular weight is 338 g/mol. The molecule has 24 heavy (non-hydrogen) atoms. The fraction of sp³-hybridized carbons (Fsp3) is 0.278. The number of hydrogen-bond donors (Lipinski definition) is 2. The highest BCUT2D eigenvalue weighted by molar-refractivity contribution is 7.21. The Labute approximate surface area is 143 Å². The maximum atomic E-state index is 12.5. The van der Waals surface area contributed by atoms with Crippen LogP contribution in [0.3, 0.4) is 0 Å². The van der Waals surface area contributed by atoms with Crippen molar-refractivity contribution in [1.82, 2.24) is 9.97 Å². The minimum atomic E-state index is -0.213. The van der Waals surface area contributed by atoms with Crippen LogP contribution in [0.4, 0.5) is 11.4 Å². The lowest BCUT2D eigenvalue weighted by Crippen LogP contribution is -2.12. The van der Waals surface area contributed by atoms with Crippen molar-refractivity contribution in [2.24, 2.45) is 5.92 Å². The van der Waals surface area contributed by atoms with E-state index in [0.717, 1.165) is 28.8 Å². The Balaban J connectivity index is 1.71. The summed E-state index contributed by atoms with van der Waals surface area (Å²) in [6, 6.07) is 5.70. The highest BCUT2D eigenvalue weighted by atomic mass is 32.1. The molecule has 0 aromatic carbocycles. The first-order valence-corrected chi connectivity index (χ1v) is 8.85. The molecule has 0 saturated carbocycles. The first-order chi connectivity index (χ1) is 11.6. The molecule has 3 heterocycles. The standard InChI is InChI=1S/C18H18N4OS/c1-10-4-5-14-11(7-10)8-13-15(19)16(24-18(13)22-14)17(23)21-12-3-2-6-20-9-12/h2-3,6,8-10H,4-5,7,19H2,1H3,(H,21,23). The maximum Gasteiger partial charge on any atom is 0.267 e. The van der Waals surface area contributed by atoms with Gasteiger partial charge in [0, 0.05) is 17.3 Å². The van der Waals surface area contributed by atoms with E-state index >= 15 is 0 Å². The number of pyridine rings is 2. The van der Waals surface area contributed by atoms with E-state index in [9.17, 15) is 4.79 Å². The molecule has 1 amide bonds. The topological polar surface area (TPSA) is 80.9 Å². The number of nitrogens with one attached hydrogen (secondary N) is 1. The Kier molecular flexibility index (Phi) is 3.69. The molecule has 0 bridgehead atoms. The molecule has 1 unspecified atom stereocenters. The molecule has 0 saturated heterocycles. The van der Waals surface area contributed by atoms with Crippen molar-refractivity contribution in [3.8, 4) is 0 Å². The number of aromatic nitrogens is 2. The fourth-order valence-electron chi connectivity index (χ4n) is 3.17. The number of carbonyl (C=O) groups excluding carboxylic acids is 1. The van der Waals surface area contributed by atoms with Crippen LogP contribution in [-0.4, -0.2) is 15.9 Å². The second-order valence-corrected chi connectivity index (χ2v) is 7.33. The van der Waals surface area contributed by atoms with Crippen LogP contribution in [0.2, 0.25) is 0 Å². The van der Waals surface area contributed by atoms with E-state index in [0.29, 0.717) is 22.2 Å². The van der Waals surface area contributed by atoms with Gasteiger partial charge < -0.3 is 11.1 Å². The van der Waals surface area contributed by atoms with Gasteiger partial charge in [-0.1, -0.05) is 6.92 Å². The molecule has 1 atom stereocenters. The molecule has 0 aliphatic heterocycles. The van der Waals surface area contributed by atoms with Crippen molar-refractivity contribution in [3.63, 3.8) is 0 Å². The normalized spacial score (nSPS) is 16.8. The van der Waals surface area contributed by atoms with Gasteiger partial charge in [-0.25, -0.2) is 4.98 Å². The number of hydrogen-bond acceptors (Lipinski definition) is 5. The van der Waals surface area contributed by atoms with Crippen LogP contribution in [0.25, 0.3) is 10.2 Å².